The monoisotopic (exact) mass is 652 g/mol. The van der Waals surface area contributed by atoms with Crippen LogP contribution < -0.4 is 11.1 Å². The van der Waals surface area contributed by atoms with Crippen molar-refractivity contribution in [2.75, 3.05) is 14.2 Å². The summed E-state index contributed by atoms with van der Waals surface area (Å²) < 4.78 is 7.56. The van der Waals surface area contributed by atoms with Gasteiger partial charge in [0, 0.05) is 11.1 Å². The number of methoxy groups -OCH3 is 2. The number of amides is 2. The van der Waals surface area contributed by atoms with E-state index in [2.05, 4.69) is 47.3 Å². The number of hydrogen-bond donors (Lipinski definition) is 2. The Labute approximate surface area is 256 Å². The Hall–Kier alpha value is -3.41. The molecule has 40 heavy (non-hydrogen) atoms. The predicted octanol–water partition coefficient (Wildman–Crippen LogP) is 3.70. The average molecular weight is 652 g/mol. The Bertz CT molecular complexity index is 1470. The van der Waals surface area contributed by atoms with Gasteiger partial charge in [-0.25, -0.2) is 22.0 Å². The van der Waals surface area contributed by atoms with Gasteiger partial charge in [0.2, 0.25) is 12.2 Å². The normalized spacial score (nSPS) is 9.55. The fourth-order valence-corrected chi connectivity index (χ4v) is 3.55. The predicted molar refractivity (Wildman–Crippen MR) is 147 cm³/mol. The molecule has 4 aromatic rings. The maximum Gasteiger partial charge on any atom is 2.00 e. The van der Waals surface area contributed by atoms with E-state index in [1.165, 1.54) is 0 Å². The summed E-state index contributed by atoms with van der Waals surface area (Å²) in [4.78, 5) is 53.8. The fraction of sp³-hybridized carbons (Fsp3) is 0.0833. The molecule has 0 bridgehead atoms. The molecule has 0 aliphatic heterocycles. The summed E-state index contributed by atoms with van der Waals surface area (Å²) >= 11 is 0. The fourth-order valence-electron chi connectivity index (χ4n) is 2.71. The Balaban J connectivity index is 0.00000110. The van der Waals surface area contributed by atoms with Crippen molar-refractivity contribution in [3.63, 3.8) is 0 Å². The third-order valence-corrected chi connectivity index (χ3v) is 5.54. The number of ether oxygens (including phenoxy) is 2. The summed E-state index contributed by atoms with van der Waals surface area (Å²) in [5.74, 6) is 6.12. The zero-order valence-corrected chi connectivity index (χ0v) is 25.7. The molecule has 2 amide bonds. The molecule has 2 unspecified atom stereocenters. The number of imidazole rings is 2. The minimum atomic E-state index is -0.995. The molecular formula is C24H20N6O6P2V2. The van der Waals surface area contributed by atoms with Crippen molar-refractivity contribution in [2.24, 2.45) is 0 Å². The van der Waals surface area contributed by atoms with Gasteiger partial charge in [-0.2, -0.15) is 17.2 Å². The molecule has 0 aliphatic rings. The Morgan fingerprint density at radius 1 is 0.825 bits per heavy atom. The quantitative estimate of drug-likeness (QED) is 0.185. The van der Waals surface area contributed by atoms with Crippen molar-refractivity contribution in [2.45, 2.75) is 0 Å². The van der Waals surface area contributed by atoms with Crippen LogP contribution in [0.5, 0.6) is 0 Å². The summed E-state index contributed by atoms with van der Waals surface area (Å²) in [6.45, 7) is 0. The molecule has 2 radical (unpaired) electrons. The van der Waals surface area contributed by atoms with Gasteiger partial charge in [-0.15, -0.1) is 0 Å². The van der Waals surface area contributed by atoms with Crippen molar-refractivity contribution >= 4 is 63.3 Å². The summed E-state index contributed by atoms with van der Waals surface area (Å²) in [5, 5.41) is 2.15. The first-order valence-corrected chi connectivity index (χ1v) is 12.3. The largest absolute Gasteiger partial charge is 2.00 e. The summed E-state index contributed by atoms with van der Waals surface area (Å²) in [6.07, 6.45) is 1.35. The third-order valence-electron chi connectivity index (χ3n) is 4.35. The van der Waals surface area contributed by atoms with Crippen molar-refractivity contribution < 1.29 is 65.8 Å². The Kier molecular flexibility index (Phi) is 17.9. The van der Waals surface area contributed by atoms with Gasteiger partial charge in [0.15, 0.2) is 0 Å². The van der Waals surface area contributed by atoms with Gasteiger partial charge in [-0.05, 0) is 34.9 Å². The summed E-state index contributed by atoms with van der Waals surface area (Å²) in [7, 11) is 2.12. The van der Waals surface area contributed by atoms with Gasteiger partial charge in [-0.3, -0.25) is 9.59 Å². The van der Waals surface area contributed by atoms with Crippen LogP contribution in [0.1, 0.15) is 11.3 Å². The number of carbonyl (C=O) groups excluding carboxylic acids is 4. The van der Waals surface area contributed by atoms with Crippen LogP contribution in [0.3, 0.4) is 0 Å². The van der Waals surface area contributed by atoms with Crippen molar-refractivity contribution in [3.8, 4) is 23.1 Å². The molecule has 12 nitrogen and oxygen atoms in total. The topological polar surface area (TPSA) is 192 Å². The number of carbonyl (C=O) groups is 2. The van der Waals surface area contributed by atoms with Crippen LogP contribution in [0.4, 0.5) is 9.59 Å². The molecule has 4 N–H and O–H groups in total. The zero-order valence-electron chi connectivity index (χ0n) is 20.9. The molecule has 2 heterocycles. The number of nitrogens with one attached hydrogen (secondary N) is 4. The van der Waals surface area contributed by atoms with Gasteiger partial charge < -0.3 is 40.5 Å². The van der Waals surface area contributed by atoms with Gasteiger partial charge in [0.1, 0.15) is 5.69 Å². The number of benzene rings is 2. The summed E-state index contributed by atoms with van der Waals surface area (Å²) in [6, 6.07) is 15.8. The zero-order chi connectivity index (χ0) is 27.9. The smallest absolute Gasteiger partial charge is 0.632 e. The van der Waals surface area contributed by atoms with Crippen LogP contribution in [-0.2, 0) is 56.2 Å². The van der Waals surface area contributed by atoms with Gasteiger partial charge in [-0.1, -0.05) is 24.1 Å². The van der Waals surface area contributed by atoms with Crippen molar-refractivity contribution in [1.82, 2.24) is 19.9 Å². The minimum Gasteiger partial charge on any atom is -0.632 e. The number of H-pyrrole nitrogens is 2. The molecule has 4 rings (SSSR count). The molecule has 0 spiro atoms. The average Bonchev–Trinajstić information content (AvgIpc) is 3.58. The van der Waals surface area contributed by atoms with E-state index < -0.39 is 12.2 Å². The first kappa shape index (κ1) is 36.6. The molecule has 2 aromatic carbocycles. The van der Waals surface area contributed by atoms with Crippen molar-refractivity contribution in [1.29, 1.82) is 0 Å². The van der Waals surface area contributed by atoms with Crippen LogP contribution in [-0.4, -0.2) is 58.4 Å². The van der Waals surface area contributed by atoms with E-state index in [1.807, 2.05) is 42.4 Å². The molecule has 2 aromatic heterocycles. The number of aromatic amines is 2. The summed E-state index contributed by atoms with van der Waals surface area (Å²) in [5.41, 5.74) is 16.6. The second kappa shape index (κ2) is 19.6. The Morgan fingerprint density at radius 2 is 1.35 bits per heavy atom. The van der Waals surface area contributed by atoms with Crippen LogP contribution in [0.15, 0.2) is 48.8 Å². The number of rotatable bonds is 5. The van der Waals surface area contributed by atoms with Crippen LogP contribution in [0.25, 0.3) is 33.5 Å². The van der Waals surface area contributed by atoms with Gasteiger partial charge in [0.25, 0.3) is 0 Å². The molecule has 0 saturated heterocycles. The maximum absolute atomic E-state index is 10.5. The Morgan fingerprint density at radius 3 is 1.93 bits per heavy atom. The number of nitrogens with zero attached hydrogens (tertiary/aromatic N) is 2. The molecule has 0 aliphatic carbocycles. The van der Waals surface area contributed by atoms with E-state index in [9.17, 15) is 19.2 Å². The third kappa shape index (κ3) is 12.6. The second-order valence-corrected chi connectivity index (χ2v) is 8.61. The van der Waals surface area contributed by atoms with E-state index in [0.29, 0.717) is 16.8 Å². The van der Waals surface area contributed by atoms with Crippen LogP contribution >= 0.6 is 17.2 Å². The molecule has 0 saturated carbocycles. The number of aromatic nitrogens is 4. The second-order valence-electron chi connectivity index (χ2n) is 6.75. The minimum absolute atomic E-state index is 0. The molecule has 202 valence electrons. The SMILES string of the molecule is COC([NH-])=O.COC([NH-])=O.O=[C-]Pc1ncc(C#Cc2ccc3cc(-c4cnc(P[C-]=O)[nH]4)ccc3c2)[nH]1.[V+2].[V+2]. The first-order valence-electron chi connectivity index (χ1n) is 10.3. The van der Waals surface area contributed by atoms with E-state index in [4.69, 9.17) is 11.5 Å². The van der Waals surface area contributed by atoms with Gasteiger partial charge in [0.05, 0.1) is 43.4 Å². The van der Waals surface area contributed by atoms with Gasteiger partial charge >= 0.3 is 37.1 Å². The molecule has 2 atom stereocenters. The maximum atomic E-state index is 10.5. The molecule has 16 heteroatoms. The van der Waals surface area contributed by atoms with Crippen LogP contribution in [0, 0.1) is 11.8 Å². The van der Waals surface area contributed by atoms with Crippen LogP contribution in [0.2, 0.25) is 0 Å². The standard InChI is InChI=1S/C20H12N4O2P2.2C2H5NO2.2V/c25-11-27-19-21-9-17(23-19)6-2-13-1-3-15-8-16(5-4-14(15)7-13)18-10-22-20(24-18)28-12-26;2*1-5-2(3)4;;/h1,3-5,7-10,27-28H,(H,21,23)(H,22,24);2*1H3,(H2,3,4);;/q-2;;;2*+2/p-2. The van der Waals surface area contributed by atoms with E-state index in [1.54, 1.807) is 12.4 Å². The molecule has 0 fully saturated rings. The van der Waals surface area contributed by atoms with E-state index >= 15 is 0 Å². The number of fused-ring (bicyclic) bond motifs is 1. The number of hydrogen-bond acceptors (Lipinski definition) is 8. The van der Waals surface area contributed by atoms with E-state index in [-0.39, 0.29) is 54.3 Å². The molecular weight excluding hydrogens is 632 g/mol. The first-order chi connectivity index (χ1) is 18.3. The van der Waals surface area contributed by atoms with E-state index in [0.717, 1.165) is 41.8 Å². The van der Waals surface area contributed by atoms with Crippen molar-refractivity contribution in [3.05, 3.63) is 71.5 Å².